The van der Waals surface area contributed by atoms with E-state index in [4.69, 9.17) is 0 Å². The number of carbonyl (C=O) groups excluding carboxylic acids is 1. The van der Waals surface area contributed by atoms with Crippen LogP contribution >= 0.6 is 0 Å². The molecule has 0 aromatic carbocycles. The molecule has 0 spiro atoms. The quantitative estimate of drug-likeness (QED) is 0.669. The maximum Gasteiger partial charge on any atom is 0.168 e. The van der Waals surface area contributed by atoms with Crippen LogP contribution in [0.5, 0.6) is 0 Å². The summed E-state index contributed by atoms with van der Waals surface area (Å²) in [6.07, 6.45) is 2.50. The van der Waals surface area contributed by atoms with Gasteiger partial charge in [-0.25, -0.2) is 4.98 Å². The van der Waals surface area contributed by atoms with Crippen molar-refractivity contribution in [2.24, 2.45) is 0 Å². The van der Waals surface area contributed by atoms with Crippen molar-refractivity contribution in [3.63, 3.8) is 0 Å². The van der Waals surface area contributed by atoms with Gasteiger partial charge in [-0.15, -0.1) is 0 Å². The van der Waals surface area contributed by atoms with Crippen molar-refractivity contribution in [1.29, 1.82) is 0 Å². The van der Waals surface area contributed by atoms with Gasteiger partial charge in [-0.05, 0) is 13.8 Å². The fraction of sp³-hybridized carbons (Fsp3) is 0.600. The minimum atomic E-state index is 0.292. The zero-order valence-corrected chi connectivity index (χ0v) is 8.61. The maximum atomic E-state index is 10.7. The second kappa shape index (κ2) is 3.73. The van der Waals surface area contributed by atoms with Gasteiger partial charge in [0.25, 0.3) is 0 Å². The summed E-state index contributed by atoms with van der Waals surface area (Å²) in [6.45, 7) is 8.27. The third-order valence-electron chi connectivity index (χ3n) is 2.01. The van der Waals surface area contributed by atoms with Gasteiger partial charge in [0.15, 0.2) is 6.29 Å². The minimum absolute atomic E-state index is 0.292. The van der Waals surface area contributed by atoms with Gasteiger partial charge in [0, 0.05) is 12.0 Å². The van der Waals surface area contributed by atoms with Crippen LogP contribution in [0.3, 0.4) is 0 Å². The van der Waals surface area contributed by atoms with E-state index in [1.165, 1.54) is 0 Å². The molecule has 0 aliphatic heterocycles. The minimum Gasteiger partial charge on any atom is -0.323 e. The predicted octanol–water partition coefficient (Wildman–Crippen LogP) is 2.40. The number of imidazole rings is 1. The van der Waals surface area contributed by atoms with E-state index >= 15 is 0 Å². The van der Waals surface area contributed by atoms with Crippen LogP contribution < -0.4 is 0 Å². The smallest absolute Gasteiger partial charge is 0.168 e. The van der Waals surface area contributed by atoms with Crippen LogP contribution in [0.4, 0.5) is 0 Å². The third kappa shape index (κ3) is 1.79. The van der Waals surface area contributed by atoms with Gasteiger partial charge in [-0.1, -0.05) is 13.8 Å². The zero-order chi connectivity index (χ0) is 10.0. The monoisotopic (exact) mass is 180 g/mol. The predicted molar refractivity (Wildman–Crippen MR) is 52.1 cm³/mol. The topological polar surface area (TPSA) is 34.9 Å². The zero-order valence-electron chi connectivity index (χ0n) is 8.61. The number of aldehydes is 1. The molecule has 0 radical (unpaired) electrons. The largest absolute Gasteiger partial charge is 0.323 e. The van der Waals surface area contributed by atoms with E-state index in [0.717, 1.165) is 12.1 Å². The van der Waals surface area contributed by atoms with E-state index in [1.54, 1.807) is 6.20 Å². The van der Waals surface area contributed by atoms with Crippen LogP contribution in [0, 0.1) is 0 Å². The van der Waals surface area contributed by atoms with Crippen molar-refractivity contribution in [1.82, 2.24) is 9.55 Å². The molecule has 72 valence electrons. The molecule has 0 saturated carbocycles. The summed E-state index contributed by atoms with van der Waals surface area (Å²) < 4.78 is 1.98. The highest BCUT2D eigenvalue weighted by molar-refractivity contribution is 5.72. The number of nitrogens with zero attached hydrogens (tertiary/aromatic N) is 2. The van der Waals surface area contributed by atoms with E-state index in [9.17, 15) is 4.79 Å². The fourth-order valence-corrected chi connectivity index (χ4v) is 1.47. The molecule has 0 aliphatic carbocycles. The van der Waals surface area contributed by atoms with Crippen LogP contribution in [-0.4, -0.2) is 15.8 Å². The molecular weight excluding hydrogens is 164 g/mol. The molecule has 3 nitrogen and oxygen atoms in total. The maximum absolute atomic E-state index is 10.7. The molecule has 13 heavy (non-hydrogen) atoms. The molecule has 0 atom stereocenters. The lowest BCUT2D eigenvalue weighted by Gasteiger charge is -2.15. The molecule has 0 fully saturated rings. The molecule has 1 rings (SSSR count). The Morgan fingerprint density at radius 1 is 1.38 bits per heavy atom. The number of aromatic nitrogens is 2. The molecule has 1 aromatic rings. The van der Waals surface area contributed by atoms with Gasteiger partial charge in [0.1, 0.15) is 11.5 Å². The van der Waals surface area contributed by atoms with E-state index in [2.05, 4.69) is 32.7 Å². The van der Waals surface area contributed by atoms with Crippen LogP contribution in [0.25, 0.3) is 0 Å². The molecule has 0 bridgehead atoms. The fourth-order valence-electron chi connectivity index (χ4n) is 1.47. The Balaban J connectivity index is 3.21. The first-order valence-corrected chi connectivity index (χ1v) is 4.60. The molecule has 0 aliphatic rings. The van der Waals surface area contributed by atoms with Crippen LogP contribution in [0.1, 0.15) is 56.0 Å². The molecule has 0 unspecified atom stereocenters. The molecular formula is C10H16N2O. The molecule has 0 amide bonds. The lowest BCUT2D eigenvalue weighted by molar-refractivity contribution is 0.111. The first-order valence-electron chi connectivity index (χ1n) is 4.60. The lowest BCUT2D eigenvalue weighted by Crippen LogP contribution is -2.10. The Hall–Kier alpha value is -1.12. The summed E-state index contributed by atoms with van der Waals surface area (Å²) in [5.41, 5.74) is 0.665. The molecule has 1 aromatic heterocycles. The summed E-state index contributed by atoms with van der Waals surface area (Å²) in [7, 11) is 0. The molecule has 3 heteroatoms. The Labute approximate surface area is 78.8 Å². The molecule has 0 N–H and O–H groups in total. The Bertz CT molecular complexity index is 300. The third-order valence-corrected chi connectivity index (χ3v) is 2.01. The van der Waals surface area contributed by atoms with Crippen molar-refractivity contribution >= 4 is 6.29 Å². The van der Waals surface area contributed by atoms with E-state index in [0.29, 0.717) is 17.7 Å². The van der Waals surface area contributed by atoms with Crippen LogP contribution in [-0.2, 0) is 0 Å². The SMILES string of the molecule is CC(C)c1ncc(C=O)n1C(C)C. The highest BCUT2D eigenvalue weighted by atomic mass is 16.1. The summed E-state index contributed by atoms with van der Waals surface area (Å²) in [4.78, 5) is 14.9. The van der Waals surface area contributed by atoms with Crippen molar-refractivity contribution in [3.8, 4) is 0 Å². The van der Waals surface area contributed by atoms with Crippen LogP contribution in [0.2, 0.25) is 0 Å². The Morgan fingerprint density at radius 3 is 2.38 bits per heavy atom. The van der Waals surface area contributed by atoms with Gasteiger partial charge < -0.3 is 4.57 Å². The summed E-state index contributed by atoms with van der Waals surface area (Å²) >= 11 is 0. The van der Waals surface area contributed by atoms with Crippen molar-refractivity contribution < 1.29 is 4.79 Å². The Morgan fingerprint density at radius 2 is 2.00 bits per heavy atom. The van der Waals surface area contributed by atoms with Gasteiger partial charge >= 0.3 is 0 Å². The van der Waals surface area contributed by atoms with E-state index in [-0.39, 0.29) is 0 Å². The van der Waals surface area contributed by atoms with Gasteiger partial charge in [-0.2, -0.15) is 0 Å². The molecule has 0 saturated heterocycles. The first-order chi connectivity index (χ1) is 6.07. The summed E-state index contributed by atoms with van der Waals surface area (Å²) in [5, 5.41) is 0. The highest BCUT2D eigenvalue weighted by Crippen LogP contribution is 2.19. The average Bonchev–Trinajstić information content (AvgIpc) is 2.46. The summed E-state index contributed by atoms with van der Waals surface area (Å²) in [6, 6.07) is 0.292. The standard InChI is InChI=1S/C10H16N2O/c1-7(2)10-11-5-9(6-13)12(10)8(3)4/h5-8H,1-4H3. The number of hydrogen-bond donors (Lipinski definition) is 0. The first kappa shape index (κ1) is 9.96. The molecule has 1 heterocycles. The highest BCUT2D eigenvalue weighted by Gasteiger charge is 2.14. The van der Waals surface area contributed by atoms with Gasteiger partial charge in [-0.3, -0.25) is 4.79 Å². The number of hydrogen-bond acceptors (Lipinski definition) is 2. The van der Waals surface area contributed by atoms with E-state index < -0.39 is 0 Å². The normalized spacial score (nSPS) is 11.2. The van der Waals surface area contributed by atoms with Crippen molar-refractivity contribution in [2.75, 3.05) is 0 Å². The lowest BCUT2D eigenvalue weighted by atomic mass is 10.2. The second-order valence-electron chi connectivity index (χ2n) is 3.78. The van der Waals surface area contributed by atoms with Crippen molar-refractivity contribution in [2.45, 2.75) is 39.7 Å². The average molecular weight is 180 g/mol. The second-order valence-corrected chi connectivity index (χ2v) is 3.78. The van der Waals surface area contributed by atoms with E-state index in [1.807, 2.05) is 4.57 Å². The summed E-state index contributed by atoms with van der Waals surface area (Å²) in [5.74, 6) is 1.34. The van der Waals surface area contributed by atoms with Gasteiger partial charge in [0.05, 0.1) is 6.20 Å². The number of rotatable bonds is 3. The number of carbonyl (C=O) groups is 1. The van der Waals surface area contributed by atoms with Crippen molar-refractivity contribution in [3.05, 3.63) is 17.7 Å². The Kier molecular flexibility index (Phi) is 2.86. The van der Waals surface area contributed by atoms with Crippen LogP contribution in [0.15, 0.2) is 6.20 Å². The van der Waals surface area contributed by atoms with Gasteiger partial charge in [0.2, 0.25) is 0 Å².